The lowest BCUT2D eigenvalue weighted by molar-refractivity contribution is 0.414. The van der Waals surface area contributed by atoms with E-state index in [2.05, 4.69) is 41.2 Å². The average Bonchev–Trinajstić information content (AvgIpc) is 2.58. The largest absolute Gasteiger partial charge is 0.360 e. The number of rotatable bonds is 3. The van der Waals surface area contributed by atoms with Gasteiger partial charge in [-0.2, -0.15) is 0 Å². The van der Waals surface area contributed by atoms with E-state index in [0.717, 1.165) is 24.0 Å². The number of aromatic amines is 1. The van der Waals surface area contributed by atoms with Crippen molar-refractivity contribution in [3.05, 3.63) is 30.1 Å². The molecule has 0 fully saturated rings. The molecule has 3 nitrogen and oxygen atoms in total. The summed E-state index contributed by atoms with van der Waals surface area (Å²) in [7, 11) is 4.17. The summed E-state index contributed by atoms with van der Waals surface area (Å²) in [5.74, 6) is 0. The van der Waals surface area contributed by atoms with Crippen LogP contribution in [0.5, 0.6) is 0 Å². The fourth-order valence-corrected chi connectivity index (χ4v) is 1.55. The van der Waals surface area contributed by atoms with E-state index in [1.165, 1.54) is 5.56 Å². The zero-order valence-corrected chi connectivity index (χ0v) is 8.62. The van der Waals surface area contributed by atoms with Crippen molar-refractivity contribution < 1.29 is 0 Å². The topological polar surface area (TPSA) is 31.9 Å². The molecule has 0 aliphatic heterocycles. The number of likely N-dealkylation sites (N-methyl/N-ethyl adjacent to an activating group) is 1. The van der Waals surface area contributed by atoms with Gasteiger partial charge in [0.25, 0.3) is 0 Å². The standard InChI is InChI=1S/C11H15N3/c1-14(2)7-5-9-8-13-10-4-3-6-12-11(9)10/h3-4,6,8,13H,5,7H2,1-2H3. The van der Waals surface area contributed by atoms with Crippen LogP contribution >= 0.6 is 0 Å². The van der Waals surface area contributed by atoms with Crippen molar-refractivity contribution in [1.82, 2.24) is 14.9 Å². The second-order valence-electron chi connectivity index (χ2n) is 3.77. The molecule has 0 saturated heterocycles. The van der Waals surface area contributed by atoms with Gasteiger partial charge in [0.1, 0.15) is 0 Å². The highest BCUT2D eigenvalue weighted by Gasteiger charge is 2.03. The predicted octanol–water partition coefficient (Wildman–Crippen LogP) is 1.67. The van der Waals surface area contributed by atoms with Crippen LogP contribution in [-0.2, 0) is 6.42 Å². The number of H-pyrrole nitrogens is 1. The fraction of sp³-hybridized carbons (Fsp3) is 0.364. The molecule has 0 bridgehead atoms. The van der Waals surface area contributed by atoms with Gasteiger partial charge in [-0.1, -0.05) is 0 Å². The molecule has 0 aliphatic rings. The van der Waals surface area contributed by atoms with E-state index < -0.39 is 0 Å². The highest BCUT2D eigenvalue weighted by Crippen LogP contribution is 2.15. The van der Waals surface area contributed by atoms with Gasteiger partial charge in [-0.05, 0) is 38.2 Å². The van der Waals surface area contributed by atoms with E-state index in [-0.39, 0.29) is 0 Å². The zero-order valence-electron chi connectivity index (χ0n) is 8.62. The van der Waals surface area contributed by atoms with Crippen molar-refractivity contribution in [1.29, 1.82) is 0 Å². The maximum atomic E-state index is 4.37. The summed E-state index contributed by atoms with van der Waals surface area (Å²) in [5.41, 5.74) is 3.53. The van der Waals surface area contributed by atoms with Gasteiger partial charge in [-0.15, -0.1) is 0 Å². The first-order valence-corrected chi connectivity index (χ1v) is 4.83. The number of pyridine rings is 1. The van der Waals surface area contributed by atoms with Gasteiger partial charge in [0.15, 0.2) is 0 Å². The van der Waals surface area contributed by atoms with Gasteiger partial charge < -0.3 is 9.88 Å². The van der Waals surface area contributed by atoms with Crippen LogP contribution in [0.25, 0.3) is 11.0 Å². The summed E-state index contributed by atoms with van der Waals surface area (Å²) in [4.78, 5) is 9.78. The maximum absolute atomic E-state index is 4.37. The van der Waals surface area contributed by atoms with Crippen molar-refractivity contribution >= 4 is 11.0 Å². The summed E-state index contributed by atoms with van der Waals surface area (Å²) in [5, 5.41) is 0. The molecule has 0 radical (unpaired) electrons. The lowest BCUT2D eigenvalue weighted by atomic mass is 10.2. The fourth-order valence-electron chi connectivity index (χ4n) is 1.55. The third kappa shape index (κ3) is 1.77. The Kier molecular flexibility index (Phi) is 2.50. The molecule has 14 heavy (non-hydrogen) atoms. The first-order valence-electron chi connectivity index (χ1n) is 4.83. The predicted molar refractivity (Wildman–Crippen MR) is 58.4 cm³/mol. The Labute approximate surface area is 83.8 Å². The second kappa shape index (κ2) is 3.80. The summed E-state index contributed by atoms with van der Waals surface area (Å²) in [6, 6.07) is 4.01. The first-order chi connectivity index (χ1) is 6.77. The number of hydrogen-bond acceptors (Lipinski definition) is 2. The van der Waals surface area contributed by atoms with E-state index >= 15 is 0 Å². The second-order valence-corrected chi connectivity index (χ2v) is 3.77. The van der Waals surface area contributed by atoms with E-state index in [9.17, 15) is 0 Å². The van der Waals surface area contributed by atoms with Crippen molar-refractivity contribution in [2.24, 2.45) is 0 Å². The molecule has 0 spiro atoms. The van der Waals surface area contributed by atoms with E-state index in [1.807, 2.05) is 12.3 Å². The molecule has 3 heteroatoms. The average molecular weight is 189 g/mol. The third-order valence-electron chi connectivity index (χ3n) is 2.34. The van der Waals surface area contributed by atoms with Crippen molar-refractivity contribution in [2.45, 2.75) is 6.42 Å². The summed E-state index contributed by atoms with van der Waals surface area (Å²) in [6.07, 6.45) is 4.94. The van der Waals surface area contributed by atoms with Gasteiger partial charge in [-0.25, -0.2) is 0 Å². The Morgan fingerprint density at radius 3 is 3.07 bits per heavy atom. The van der Waals surface area contributed by atoms with Crippen molar-refractivity contribution in [2.75, 3.05) is 20.6 Å². The van der Waals surface area contributed by atoms with Crippen molar-refractivity contribution in [3.63, 3.8) is 0 Å². The molecule has 1 N–H and O–H groups in total. The van der Waals surface area contributed by atoms with E-state index in [4.69, 9.17) is 0 Å². The lowest BCUT2D eigenvalue weighted by Gasteiger charge is -2.07. The Hall–Kier alpha value is -1.35. The molecule has 0 amide bonds. The van der Waals surface area contributed by atoms with Gasteiger partial charge in [0.2, 0.25) is 0 Å². The van der Waals surface area contributed by atoms with Crippen LogP contribution in [0.3, 0.4) is 0 Å². The van der Waals surface area contributed by atoms with E-state index in [1.54, 1.807) is 0 Å². The normalized spacial score (nSPS) is 11.4. The van der Waals surface area contributed by atoms with Crippen molar-refractivity contribution in [3.8, 4) is 0 Å². The van der Waals surface area contributed by atoms with Crippen LogP contribution in [-0.4, -0.2) is 35.5 Å². The molecule has 74 valence electrons. The summed E-state index contributed by atoms with van der Waals surface area (Å²) < 4.78 is 0. The molecule has 0 aliphatic carbocycles. The number of hydrogen-bond donors (Lipinski definition) is 1. The van der Waals surface area contributed by atoms with E-state index in [0.29, 0.717) is 0 Å². The first kappa shape index (κ1) is 9.21. The van der Waals surface area contributed by atoms with Gasteiger partial charge in [0, 0.05) is 18.9 Å². The highest BCUT2D eigenvalue weighted by atomic mass is 15.0. The Bertz CT molecular complexity index is 417. The molecule has 2 aromatic heterocycles. The molecule has 0 atom stereocenters. The molecule has 2 rings (SSSR count). The number of nitrogens with zero attached hydrogens (tertiary/aromatic N) is 2. The minimum absolute atomic E-state index is 1.05. The van der Waals surface area contributed by atoms with Gasteiger partial charge >= 0.3 is 0 Å². The molecular weight excluding hydrogens is 174 g/mol. The lowest BCUT2D eigenvalue weighted by Crippen LogP contribution is -2.14. The molecule has 2 aromatic rings. The minimum Gasteiger partial charge on any atom is -0.360 e. The third-order valence-corrected chi connectivity index (χ3v) is 2.34. The van der Waals surface area contributed by atoms with Crippen LogP contribution in [0.1, 0.15) is 5.56 Å². The number of fused-ring (bicyclic) bond motifs is 1. The van der Waals surface area contributed by atoms with Crippen LogP contribution < -0.4 is 0 Å². The van der Waals surface area contributed by atoms with Gasteiger partial charge in [0.05, 0.1) is 11.0 Å². The number of aromatic nitrogens is 2. The zero-order chi connectivity index (χ0) is 9.97. The Balaban J connectivity index is 2.25. The minimum atomic E-state index is 1.05. The van der Waals surface area contributed by atoms with Crippen LogP contribution in [0.4, 0.5) is 0 Å². The quantitative estimate of drug-likeness (QED) is 0.796. The molecule has 0 aromatic carbocycles. The molecule has 2 heterocycles. The SMILES string of the molecule is CN(C)CCc1c[nH]c2cccnc12. The Morgan fingerprint density at radius 2 is 2.29 bits per heavy atom. The summed E-state index contributed by atoms with van der Waals surface area (Å²) in [6.45, 7) is 1.06. The van der Waals surface area contributed by atoms with Crippen LogP contribution in [0, 0.1) is 0 Å². The smallest absolute Gasteiger partial charge is 0.0911 e. The Morgan fingerprint density at radius 1 is 1.43 bits per heavy atom. The highest BCUT2D eigenvalue weighted by molar-refractivity contribution is 5.78. The molecule has 0 saturated carbocycles. The maximum Gasteiger partial charge on any atom is 0.0911 e. The molecule has 0 unspecified atom stereocenters. The van der Waals surface area contributed by atoms with Gasteiger partial charge in [-0.3, -0.25) is 4.98 Å². The van der Waals surface area contributed by atoms with Crippen LogP contribution in [0.2, 0.25) is 0 Å². The van der Waals surface area contributed by atoms with Crippen LogP contribution in [0.15, 0.2) is 24.5 Å². The summed E-state index contributed by atoms with van der Waals surface area (Å²) >= 11 is 0. The molecular formula is C11H15N3. The number of nitrogens with one attached hydrogen (secondary N) is 1. The monoisotopic (exact) mass is 189 g/mol.